The summed E-state index contributed by atoms with van der Waals surface area (Å²) in [5, 5.41) is 0. The van der Waals surface area contributed by atoms with Crippen molar-refractivity contribution in [1.82, 2.24) is 0 Å². The Labute approximate surface area is 261 Å². The topological polar surface area (TPSA) is 26.3 Å². The van der Waals surface area contributed by atoms with Crippen LogP contribution in [0.15, 0.2) is 12.1 Å². The van der Waals surface area contributed by atoms with Crippen molar-refractivity contribution in [2.45, 2.75) is 193 Å². The maximum atomic E-state index is 10.5. The van der Waals surface area contributed by atoms with Crippen LogP contribution in [0.4, 0.5) is 0 Å². The van der Waals surface area contributed by atoms with E-state index in [2.05, 4.69) is 67.5 Å². The van der Waals surface area contributed by atoms with E-state index in [0.717, 1.165) is 49.9 Å². The molecule has 1 fully saturated rings. The third kappa shape index (κ3) is 24.9. The van der Waals surface area contributed by atoms with Gasteiger partial charge in [0.15, 0.2) is 0 Å². The van der Waals surface area contributed by atoms with Crippen molar-refractivity contribution in [3.63, 3.8) is 0 Å². The highest BCUT2D eigenvalue weighted by molar-refractivity contribution is 5.78. The highest BCUT2D eigenvalue weighted by Crippen LogP contribution is 2.35. The smallest absolute Gasteiger partial charge is 0.132 e. The molecule has 2 heteroatoms. The summed E-state index contributed by atoms with van der Waals surface area (Å²) < 4.78 is 5.76. The Morgan fingerprint density at radius 1 is 0.707 bits per heavy atom. The van der Waals surface area contributed by atoms with E-state index in [1.165, 1.54) is 74.5 Å². The van der Waals surface area contributed by atoms with E-state index >= 15 is 0 Å². The van der Waals surface area contributed by atoms with Gasteiger partial charge in [-0.15, -0.1) is 0 Å². The van der Waals surface area contributed by atoms with Crippen LogP contribution < -0.4 is 4.74 Å². The van der Waals surface area contributed by atoms with Crippen molar-refractivity contribution in [1.29, 1.82) is 0 Å². The van der Waals surface area contributed by atoms with E-state index < -0.39 is 0 Å². The van der Waals surface area contributed by atoms with Gasteiger partial charge < -0.3 is 4.74 Å². The molecule has 1 saturated carbocycles. The monoisotopic (exact) mass is 579 g/mol. The molecular weight excluding hydrogens is 500 g/mol. The van der Waals surface area contributed by atoms with Crippen molar-refractivity contribution in [3.8, 4) is 5.75 Å². The van der Waals surface area contributed by atoms with Crippen LogP contribution in [-0.4, -0.2) is 12.4 Å². The van der Waals surface area contributed by atoms with Gasteiger partial charge in [0.2, 0.25) is 0 Å². The SMILES string of the molecule is CC.CC.CC.CCCCCCCC.CCOc1ccc(C)c(C(C)CC(C)[C@@H](C)CC)c1C.O=C1CCCCC1. The summed E-state index contributed by atoms with van der Waals surface area (Å²) >= 11 is 0. The average Bonchev–Trinajstić information content (AvgIpc) is 3.00. The van der Waals surface area contributed by atoms with Crippen molar-refractivity contribution >= 4 is 5.78 Å². The van der Waals surface area contributed by atoms with E-state index in [9.17, 15) is 4.79 Å². The first kappa shape index (κ1) is 46.6. The van der Waals surface area contributed by atoms with E-state index in [-0.39, 0.29) is 0 Å². The van der Waals surface area contributed by atoms with Crippen molar-refractivity contribution in [2.24, 2.45) is 11.8 Å². The van der Waals surface area contributed by atoms with Crippen LogP contribution in [0.25, 0.3) is 0 Å². The molecule has 2 nitrogen and oxygen atoms in total. The number of carbonyl (C=O) groups excluding carboxylic acids is 1. The lowest BCUT2D eigenvalue weighted by Crippen LogP contribution is -2.12. The van der Waals surface area contributed by atoms with Crippen LogP contribution in [0.5, 0.6) is 5.75 Å². The molecule has 246 valence electrons. The zero-order valence-electron chi connectivity index (χ0n) is 31.1. The van der Waals surface area contributed by atoms with Crippen LogP contribution in [0.2, 0.25) is 0 Å². The molecule has 0 radical (unpaired) electrons. The standard InChI is InChI=1S/C19H32O.C8H18.C6H10O.3C2H6/c1-8-13(3)15(5)12-16(6)19-14(4)10-11-18(17(19)7)20-9-2;1-3-5-7-8-6-4-2;7-6-4-2-1-3-5-6;3*1-2/h10-11,13,15-16H,8-9,12H2,1-7H3;3-8H2,1-2H3;1-5H2;3*1-2H3/t13-,15?,16?;;;;;/m0...../s1. The Bertz CT molecular complexity index is 650. The van der Waals surface area contributed by atoms with Gasteiger partial charge in [0.1, 0.15) is 11.5 Å². The predicted octanol–water partition coefficient (Wildman–Crippen LogP) is 13.8. The Hall–Kier alpha value is -1.31. The highest BCUT2D eigenvalue weighted by atomic mass is 16.5. The fourth-order valence-electron chi connectivity index (χ4n) is 5.02. The third-order valence-electron chi connectivity index (χ3n) is 7.68. The molecule has 1 aliphatic carbocycles. The molecule has 1 aromatic carbocycles. The van der Waals surface area contributed by atoms with Crippen LogP contribution in [-0.2, 0) is 4.79 Å². The van der Waals surface area contributed by atoms with Crippen LogP contribution in [0.1, 0.15) is 196 Å². The van der Waals surface area contributed by atoms with E-state index in [4.69, 9.17) is 4.74 Å². The number of rotatable bonds is 12. The fourth-order valence-corrected chi connectivity index (χ4v) is 5.02. The molecule has 0 aromatic heterocycles. The molecule has 0 bridgehead atoms. The molecular formula is C39H78O2. The molecule has 0 aliphatic heterocycles. The Balaban J connectivity index is -0.000000268. The quantitative estimate of drug-likeness (QED) is 0.231. The van der Waals surface area contributed by atoms with E-state index in [0.29, 0.717) is 11.7 Å². The van der Waals surface area contributed by atoms with Gasteiger partial charge in [-0.3, -0.25) is 4.79 Å². The zero-order valence-corrected chi connectivity index (χ0v) is 31.1. The number of ketones is 1. The Morgan fingerprint density at radius 2 is 1.20 bits per heavy atom. The number of hydrogen-bond acceptors (Lipinski definition) is 2. The van der Waals surface area contributed by atoms with Gasteiger partial charge in [-0.2, -0.15) is 0 Å². The molecule has 0 saturated heterocycles. The van der Waals surface area contributed by atoms with Gasteiger partial charge in [-0.1, -0.05) is 141 Å². The lowest BCUT2D eigenvalue weighted by molar-refractivity contribution is -0.120. The molecule has 0 heterocycles. The van der Waals surface area contributed by atoms with Crippen molar-refractivity contribution in [2.75, 3.05) is 6.61 Å². The molecule has 2 unspecified atom stereocenters. The first-order valence-electron chi connectivity index (χ1n) is 18.0. The molecule has 1 aliphatic rings. The molecule has 1 aromatic rings. The minimum atomic E-state index is 0.464. The lowest BCUT2D eigenvalue weighted by Gasteiger charge is -2.25. The number of carbonyl (C=O) groups is 1. The summed E-state index contributed by atoms with van der Waals surface area (Å²) in [6.07, 6.45) is 16.3. The number of unbranched alkanes of at least 4 members (excludes halogenated alkanes) is 5. The largest absolute Gasteiger partial charge is 0.494 e. The van der Waals surface area contributed by atoms with Crippen LogP contribution in [0, 0.1) is 25.7 Å². The van der Waals surface area contributed by atoms with Gasteiger partial charge in [0.25, 0.3) is 0 Å². The van der Waals surface area contributed by atoms with Crippen LogP contribution >= 0.6 is 0 Å². The van der Waals surface area contributed by atoms with Crippen LogP contribution in [0.3, 0.4) is 0 Å². The maximum absolute atomic E-state index is 10.5. The second kappa shape index (κ2) is 34.9. The van der Waals surface area contributed by atoms with Gasteiger partial charge in [-0.25, -0.2) is 0 Å². The number of hydrogen-bond donors (Lipinski definition) is 0. The summed E-state index contributed by atoms with van der Waals surface area (Å²) in [4.78, 5) is 10.5. The number of Topliss-reactive ketones (excluding diaryl/α,β-unsaturated/α-hetero) is 1. The Morgan fingerprint density at radius 3 is 1.56 bits per heavy atom. The summed E-state index contributed by atoms with van der Waals surface area (Å²) in [6.45, 7) is 33.1. The molecule has 2 rings (SSSR count). The summed E-state index contributed by atoms with van der Waals surface area (Å²) in [5.74, 6) is 3.68. The molecule has 3 atom stereocenters. The minimum absolute atomic E-state index is 0.464. The van der Waals surface area contributed by atoms with Crippen molar-refractivity contribution in [3.05, 3.63) is 28.8 Å². The Kier molecular flexibility index (Phi) is 39.7. The fraction of sp³-hybridized carbons (Fsp3) is 0.821. The predicted molar refractivity (Wildman–Crippen MR) is 190 cm³/mol. The molecule has 0 N–H and O–H groups in total. The second-order valence-electron chi connectivity index (χ2n) is 10.9. The number of benzene rings is 1. The zero-order chi connectivity index (χ0) is 32.6. The first-order valence-corrected chi connectivity index (χ1v) is 18.0. The van der Waals surface area contributed by atoms with Gasteiger partial charge >= 0.3 is 0 Å². The van der Waals surface area contributed by atoms with E-state index in [1.807, 2.05) is 48.5 Å². The normalized spacial score (nSPS) is 13.9. The summed E-state index contributed by atoms with van der Waals surface area (Å²) in [6, 6.07) is 4.32. The maximum Gasteiger partial charge on any atom is 0.132 e. The minimum Gasteiger partial charge on any atom is -0.494 e. The molecule has 0 spiro atoms. The lowest BCUT2D eigenvalue weighted by atomic mass is 9.81. The number of ether oxygens (including phenoxy) is 1. The summed E-state index contributed by atoms with van der Waals surface area (Å²) in [7, 11) is 0. The highest BCUT2D eigenvalue weighted by Gasteiger charge is 2.19. The first-order chi connectivity index (χ1) is 19.7. The molecule has 41 heavy (non-hydrogen) atoms. The summed E-state index contributed by atoms with van der Waals surface area (Å²) in [5.41, 5.74) is 4.22. The van der Waals surface area contributed by atoms with Gasteiger partial charge in [0.05, 0.1) is 6.61 Å². The van der Waals surface area contributed by atoms with Gasteiger partial charge in [-0.05, 0) is 80.5 Å². The van der Waals surface area contributed by atoms with E-state index in [1.54, 1.807) is 0 Å². The number of aryl methyl sites for hydroxylation is 1. The van der Waals surface area contributed by atoms with Crippen molar-refractivity contribution < 1.29 is 9.53 Å². The third-order valence-corrected chi connectivity index (χ3v) is 7.68. The second-order valence-corrected chi connectivity index (χ2v) is 10.9. The van der Waals surface area contributed by atoms with Gasteiger partial charge in [0, 0.05) is 12.8 Å². The average molecular weight is 579 g/mol. The molecule has 0 amide bonds.